The molecule has 0 atom stereocenters. The molecule has 0 aliphatic carbocycles. The van der Waals surface area contributed by atoms with Gasteiger partial charge in [-0.3, -0.25) is 4.79 Å². The van der Waals surface area contributed by atoms with Crippen molar-refractivity contribution in [2.24, 2.45) is 0 Å². The number of carbonyl (C=O) groups excluding carboxylic acids is 1. The minimum absolute atomic E-state index is 0.0723. The van der Waals surface area contributed by atoms with E-state index in [1.54, 1.807) is 11.0 Å². The largest absolute Gasteiger partial charge is 0.380 e. The average Bonchev–Trinajstić information content (AvgIpc) is 2.42. The molecule has 0 saturated heterocycles. The predicted octanol–water partition coefficient (Wildman–Crippen LogP) is 2.51. The molecule has 0 bridgehead atoms. The fraction of sp³-hybridized carbons (Fsp3) is 0.429. The molecule has 6 heteroatoms. The number of amides is 1. The van der Waals surface area contributed by atoms with Crippen molar-refractivity contribution >= 4 is 11.6 Å². The van der Waals surface area contributed by atoms with Crippen LogP contribution in [0.5, 0.6) is 0 Å². The molecular formula is C14H17F2N3O. The van der Waals surface area contributed by atoms with Gasteiger partial charge in [-0.15, -0.1) is 0 Å². The Bertz CT molecular complexity index is 499. The summed E-state index contributed by atoms with van der Waals surface area (Å²) in [6, 6.07) is 3.58. The standard InChI is InChI=1S/C14H17F2N3O/c1-3-19(4-2)13(20)5-6-18-14-11(15)7-10(9-17)8-12(14)16/h7-8,18H,3-6H2,1-2H3. The number of halogens is 2. The van der Waals surface area contributed by atoms with E-state index >= 15 is 0 Å². The summed E-state index contributed by atoms with van der Waals surface area (Å²) in [5.41, 5.74) is -0.388. The third-order valence-electron chi connectivity index (χ3n) is 2.93. The smallest absolute Gasteiger partial charge is 0.224 e. The molecule has 0 saturated carbocycles. The van der Waals surface area contributed by atoms with Gasteiger partial charge in [-0.25, -0.2) is 8.78 Å². The van der Waals surface area contributed by atoms with E-state index in [0.29, 0.717) is 13.1 Å². The first-order valence-electron chi connectivity index (χ1n) is 6.44. The Morgan fingerprint density at radius 2 is 1.85 bits per heavy atom. The zero-order valence-corrected chi connectivity index (χ0v) is 11.5. The summed E-state index contributed by atoms with van der Waals surface area (Å²) in [5, 5.41) is 11.1. The van der Waals surface area contributed by atoms with Crippen LogP contribution in [0.1, 0.15) is 25.8 Å². The quantitative estimate of drug-likeness (QED) is 0.871. The normalized spacial score (nSPS) is 9.95. The SMILES string of the molecule is CCN(CC)C(=O)CCNc1c(F)cc(C#N)cc1F. The molecule has 20 heavy (non-hydrogen) atoms. The second-order valence-corrected chi connectivity index (χ2v) is 4.17. The minimum atomic E-state index is -0.836. The number of hydrogen-bond donors (Lipinski definition) is 1. The van der Waals surface area contributed by atoms with Gasteiger partial charge in [0.05, 0.1) is 11.6 Å². The highest BCUT2D eigenvalue weighted by atomic mass is 19.1. The van der Waals surface area contributed by atoms with Gasteiger partial charge in [0, 0.05) is 26.1 Å². The number of rotatable bonds is 6. The molecule has 0 aliphatic rings. The summed E-state index contributed by atoms with van der Waals surface area (Å²) >= 11 is 0. The van der Waals surface area contributed by atoms with E-state index < -0.39 is 11.6 Å². The highest BCUT2D eigenvalue weighted by Crippen LogP contribution is 2.20. The van der Waals surface area contributed by atoms with Crippen molar-refractivity contribution in [2.75, 3.05) is 25.0 Å². The summed E-state index contributed by atoms with van der Waals surface area (Å²) < 4.78 is 27.1. The summed E-state index contributed by atoms with van der Waals surface area (Å²) in [6.07, 6.45) is 0.153. The highest BCUT2D eigenvalue weighted by Gasteiger charge is 2.13. The second-order valence-electron chi connectivity index (χ2n) is 4.17. The fourth-order valence-corrected chi connectivity index (χ4v) is 1.84. The lowest BCUT2D eigenvalue weighted by Gasteiger charge is -2.18. The molecule has 108 valence electrons. The predicted molar refractivity (Wildman–Crippen MR) is 72.1 cm³/mol. The van der Waals surface area contributed by atoms with E-state index in [0.717, 1.165) is 12.1 Å². The van der Waals surface area contributed by atoms with Crippen LogP contribution in [-0.4, -0.2) is 30.4 Å². The van der Waals surface area contributed by atoms with Gasteiger partial charge in [0.1, 0.15) is 5.69 Å². The van der Waals surface area contributed by atoms with E-state index in [1.807, 2.05) is 13.8 Å². The van der Waals surface area contributed by atoms with Crippen LogP contribution in [0.2, 0.25) is 0 Å². The van der Waals surface area contributed by atoms with Gasteiger partial charge < -0.3 is 10.2 Å². The number of nitrogens with one attached hydrogen (secondary N) is 1. The Balaban J connectivity index is 2.63. The number of hydrogen-bond acceptors (Lipinski definition) is 3. The Morgan fingerprint density at radius 3 is 2.30 bits per heavy atom. The van der Waals surface area contributed by atoms with Crippen molar-refractivity contribution < 1.29 is 13.6 Å². The lowest BCUT2D eigenvalue weighted by atomic mass is 10.2. The molecule has 1 N–H and O–H groups in total. The first-order chi connectivity index (χ1) is 9.53. The maximum Gasteiger partial charge on any atom is 0.224 e. The Labute approximate surface area is 117 Å². The van der Waals surface area contributed by atoms with Gasteiger partial charge in [-0.1, -0.05) is 0 Å². The van der Waals surface area contributed by atoms with Crippen LogP contribution >= 0.6 is 0 Å². The van der Waals surface area contributed by atoms with Crippen LogP contribution in [0.15, 0.2) is 12.1 Å². The maximum atomic E-state index is 13.6. The zero-order valence-electron chi connectivity index (χ0n) is 11.5. The molecule has 0 radical (unpaired) electrons. The number of carbonyl (C=O) groups is 1. The summed E-state index contributed by atoms with van der Waals surface area (Å²) in [7, 11) is 0. The van der Waals surface area contributed by atoms with Crippen molar-refractivity contribution in [3.05, 3.63) is 29.3 Å². The van der Waals surface area contributed by atoms with Crippen molar-refractivity contribution in [1.29, 1.82) is 5.26 Å². The monoisotopic (exact) mass is 281 g/mol. The molecular weight excluding hydrogens is 264 g/mol. The number of nitrogens with zero attached hydrogens (tertiary/aromatic N) is 2. The van der Waals surface area contributed by atoms with Crippen molar-refractivity contribution in [3.63, 3.8) is 0 Å². The van der Waals surface area contributed by atoms with Crippen molar-refractivity contribution in [1.82, 2.24) is 4.90 Å². The second kappa shape index (κ2) is 7.43. The lowest BCUT2D eigenvalue weighted by Crippen LogP contribution is -2.31. The van der Waals surface area contributed by atoms with E-state index in [9.17, 15) is 13.6 Å². The molecule has 0 aromatic heterocycles. The first kappa shape index (κ1) is 15.9. The van der Waals surface area contributed by atoms with Gasteiger partial charge in [0.25, 0.3) is 0 Å². The lowest BCUT2D eigenvalue weighted by molar-refractivity contribution is -0.130. The number of anilines is 1. The van der Waals surface area contributed by atoms with Crippen LogP contribution in [0.25, 0.3) is 0 Å². The summed E-state index contributed by atoms with van der Waals surface area (Å²) in [4.78, 5) is 13.4. The van der Waals surface area contributed by atoms with Crippen molar-refractivity contribution in [2.45, 2.75) is 20.3 Å². The highest BCUT2D eigenvalue weighted by molar-refractivity contribution is 5.76. The van der Waals surface area contributed by atoms with E-state index in [-0.39, 0.29) is 30.1 Å². The van der Waals surface area contributed by atoms with Gasteiger partial charge in [0.15, 0.2) is 11.6 Å². The van der Waals surface area contributed by atoms with Gasteiger partial charge >= 0.3 is 0 Å². The van der Waals surface area contributed by atoms with Crippen LogP contribution in [0.4, 0.5) is 14.5 Å². The third-order valence-corrected chi connectivity index (χ3v) is 2.93. The van der Waals surface area contributed by atoms with Crippen LogP contribution in [0.3, 0.4) is 0 Å². The molecule has 1 aromatic carbocycles. The van der Waals surface area contributed by atoms with E-state index in [1.165, 1.54) is 0 Å². The van der Waals surface area contributed by atoms with Crippen LogP contribution < -0.4 is 5.32 Å². The first-order valence-corrected chi connectivity index (χ1v) is 6.44. The van der Waals surface area contributed by atoms with Crippen molar-refractivity contribution in [3.8, 4) is 6.07 Å². The zero-order chi connectivity index (χ0) is 15.1. The Hall–Kier alpha value is -2.16. The van der Waals surface area contributed by atoms with Crippen LogP contribution in [-0.2, 0) is 4.79 Å². The molecule has 1 aromatic rings. The van der Waals surface area contributed by atoms with E-state index in [2.05, 4.69) is 5.32 Å². The third kappa shape index (κ3) is 3.92. The van der Waals surface area contributed by atoms with Gasteiger partial charge in [-0.05, 0) is 26.0 Å². The molecule has 1 rings (SSSR count). The molecule has 1 amide bonds. The maximum absolute atomic E-state index is 13.6. The van der Waals surface area contributed by atoms with Gasteiger partial charge in [0.2, 0.25) is 5.91 Å². The van der Waals surface area contributed by atoms with Crippen LogP contribution in [0, 0.1) is 23.0 Å². The Morgan fingerprint density at radius 1 is 1.30 bits per heavy atom. The van der Waals surface area contributed by atoms with E-state index in [4.69, 9.17) is 5.26 Å². The molecule has 0 spiro atoms. The molecule has 0 aliphatic heterocycles. The molecule has 0 heterocycles. The Kier molecular flexibility index (Phi) is 5.91. The average molecular weight is 281 g/mol. The minimum Gasteiger partial charge on any atom is -0.380 e. The molecule has 0 fully saturated rings. The number of nitriles is 1. The molecule has 0 unspecified atom stereocenters. The number of benzene rings is 1. The topological polar surface area (TPSA) is 56.1 Å². The van der Waals surface area contributed by atoms with Gasteiger partial charge in [-0.2, -0.15) is 5.26 Å². The fourth-order valence-electron chi connectivity index (χ4n) is 1.84. The summed E-state index contributed by atoms with van der Waals surface area (Å²) in [6.45, 7) is 5.09. The molecule has 4 nitrogen and oxygen atoms in total. The summed E-state index contributed by atoms with van der Waals surface area (Å²) in [5.74, 6) is -1.74.